The maximum Gasteiger partial charge on any atom is 0.0680 e. The molecule has 0 radical (unpaired) electrons. The standard InChI is InChI=1S/C14H18N2/c1-9-6-7-10(2)14(8-9)16-13(5)11(3)12(4)15-16/h6-8H,1-5H3. The molecule has 1 aromatic heterocycles. The molecule has 0 aliphatic carbocycles. The van der Waals surface area contributed by atoms with Crippen LogP contribution in [0.25, 0.3) is 5.69 Å². The molecule has 0 saturated heterocycles. The van der Waals surface area contributed by atoms with E-state index >= 15 is 0 Å². The van der Waals surface area contributed by atoms with Gasteiger partial charge in [0.2, 0.25) is 0 Å². The monoisotopic (exact) mass is 214 g/mol. The van der Waals surface area contributed by atoms with Gasteiger partial charge >= 0.3 is 0 Å². The summed E-state index contributed by atoms with van der Waals surface area (Å²) in [6.07, 6.45) is 0. The minimum atomic E-state index is 1.11. The van der Waals surface area contributed by atoms with Gasteiger partial charge in [-0.25, -0.2) is 4.68 Å². The Labute approximate surface area is 96.9 Å². The molecule has 0 amide bonds. The van der Waals surface area contributed by atoms with Crippen LogP contribution in [0.2, 0.25) is 0 Å². The highest BCUT2D eigenvalue weighted by Crippen LogP contribution is 2.20. The predicted octanol–water partition coefficient (Wildman–Crippen LogP) is 3.41. The van der Waals surface area contributed by atoms with Crippen molar-refractivity contribution in [3.63, 3.8) is 0 Å². The zero-order valence-corrected chi connectivity index (χ0v) is 10.6. The van der Waals surface area contributed by atoms with Crippen LogP contribution >= 0.6 is 0 Å². The molecule has 1 heterocycles. The summed E-state index contributed by atoms with van der Waals surface area (Å²) < 4.78 is 2.05. The maximum atomic E-state index is 4.60. The first-order valence-electron chi connectivity index (χ1n) is 5.61. The third-order valence-electron chi connectivity index (χ3n) is 3.25. The van der Waals surface area contributed by atoms with Crippen LogP contribution in [0.5, 0.6) is 0 Å². The second-order valence-corrected chi connectivity index (χ2v) is 4.50. The highest BCUT2D eigenvalue weighted by molar-refractivity contribution is 5.44. The molecule has 0 bridgehead atoms. The van der Waals surface area contributed by atoms with Crippen LogP contribution < -0.4 is 0 Å². The number of aryl methyl sites for hydroxylation is 3. The first-order chi connectivity index (χ1) is 7.50. The lowest BCUT2D eigenvalue weighted by Gasteiger charge is -2.09. The molecule has 1 aromatic carbocycles. The fourth-order valence-electron chi connectivity index (χ4n) is 1.90. The summed E-state index contributed by atoms with van der Waals surface area (Å²) in [4.78, 5) is 0. The summed E-state index contributed by atoms with van der Waals surface area (Å²) in [5, 5.41) is 4.60. The van der Waals surface area contributed by atoms with Gasteiger partial charge in [-0.3, -0.25) is 0 Å². The third-order valence-corrected chi connectivity index (χ3v) is 3.25. The average molecular weight is 214 g/mol. The van der Waals surface area contributed by atoms with Crippen molar-refractivity contribution in [2.75, 3.05) is 0 Å². The zero-order valence-electron chi connectivity index (χ0n) is 10.6. The molecule has 0 atom stereocenters. The Morgan fingerprint density at radius 3 is 2.25 bits per heavy atom. The average Bonchev–Trinajstić information content (AvgIpc) is 2.50. The predicted molar refractivity (Wildman–Crippen MR) is 67.2 cm³/mol. The number of benzene rings is 1. The summed E-state index contributed by atoms with van der Waals surface area (Å²) in [6, 6.07) is 6.47. The zero-order chi connectivity index (χ0) is 11.9. The van der Waals surface area contributed by atoms with Gasteiger partial charge in [0.05, 0.1) is 11.4 Å². The molecule has 0 unspecified atom stereocenters. The first-order valence-corrected chi connectivity index (χ1v) is 5.61. The molecule has 0 aliphatic rings. The van der Waals surface area contributed by atoms with E-state index < -0.39 is 0 Å². The lowest BCUT2D eigenvalue weighted by Crippen LogP contribution is -2.02. The maximum absolute atomic E-state index is 4.60. The quantitative estimate of drug-likeness (QED) is 0.711. The van der Waals surface area contributed by atoms with Crippen molar-refractivity contribution in [3.8, 4) is 5.69 Å². The van der Waals surface area contributed by atoms with E-state index in [9.17, 15) is 0 Å². The van der Waals surface area contributed by atoms with Crippen LogP contribution in [0.15, 0.2) is 18.2 Å². The van der Waals surface area contributed by atoms with E-state index in [-0.39, 0.29) is 0 Å². The second kappa shape index (κ2) is 3.78. The molecular weight excluding hydrogens is 196 g/mol. The molecule has 0 aliphatic heterocycles. The van der Waals surface area contributed by atoms with Crippen LogP contribution in [0, 0.1) is 34.6 Å². The van der Waals surface area contributed by atoms with E-state index in [0.717, 1.165) is 5.69 Å². The van der Waals surface area contributed by atoms with Gasteiger partial charge in [0.15, 0.2) is 0 Å². The van der Waals surface area contributed by atoms with Gasteiger partial charge in [0, 0.05) is 5.69 Å². The molecular formula is C14H18N2. The normalized spacial score (nSPS) is 10.8. The summed E-state index contributed by atoms with van der Waals surface area (Å²) in [6.45, 7) is 10.5. The largest absolute Gasteiger partial charge is 0.237 e. The Kier molecular flexibility index (Phi) is 2.58. The fourth-order valence-corrected chi connectivity index (χ4v) is 1.90. The van der Waals surface area contributed by atoms with Crippen molar-refractivity contribution >= 4 is 0 Å². The molecule has 2 nitrogen and oxygen atoms in total. The van der Waals surface area contributed by atoms with Crippen LogP contribution in [0.1, 0.15) is 28.1 Å². The van der Waals surface area contributed by atoms with E-state index in [1.54, 1.807) is 0 Å². The molecule has 0 fully saturated rings. The Bertz CT molecular complexity index is 536. The summed E-state index contributed by atoms with van der Waals surface area (Å²) in [5.74, 6) is 0. The molecule has 2 heteroatoms. The van der Waals surface area contributed by atoms with Crippen molar-refractivity contribution in [1.82, 2.24) is 9.78 Å². The minimum Gasteiger partial charge on any atom is -0.237 e. The van der Waals surface area contributed by atoms with Crippen molar-refractivity contribution in [2.24, 2.45) is 0 Å². The molecule has 0 saturated carbocycles. The van der Waals surface area contributed by atoms with Gasteiger partial charge < -0.3 is 0 Å². The van der Waals surface area contributed by atoms with Crippen LogP contribution in [-0.4, -0.2) is 9.78 Å². The van der Waals surface area contributed by atoms with E-state index in [1.165, 1.54) is 28.1 Å². The lowest BCUT2D eigenvalue weighted by molar-refractivity contribution is 0.826. The SMILES string of the molecule is Cc1ccc(C)c(-n2nc(C)c(C)c2C)c1. The number of rotatable bonds is 1. The Morgan fingerprint density at radius 1 is 1.00 bits per heavy atom. The number of hydrogen-bond acceptors (Lipinski definition) is 1. The van der Waals surface area contributed by atoms with Crippen LogP contribution in [0.3, 0.4) is 0 Å². The molecule has 2 aromatic rings. The number of aromatic nitrogens is 2. The van der Waals surface area contributed by atoms with Gasteiger partial charge in [0.25, 0.3) is 0 Å². The van der Waals surface area contributed by atoms with Crippen molar-refractivity contribution in [1.29, 1.82) is 0 Å². The van der Waals surface area contributed by atoms with E-state index in [4.69, 9.17) is 0 Å². The molecule has 84 valence electrons. The van der Waals surface area contributed by atoms with Gasteiger partial charge in [-0.1, -0.05) is 12.1 Å². The van der Waals surface area contributed by atoms with Crippen LogP contribution in [0.4, 0.5) is 0 Å². The second-order valence-electron chi connectivity index (χ2n) is 4.50. The van der Waals surface area contributed by atoms with Crippen molar-refractivity contribution < 1.29 is 0 Å². The topological polar surface area (TPSA) is 17.8 Å². The Hall–Kier alpha value is -1.57. The fraction of sp³-hybridized carbons (Fsp3) is 0.357. The Balaban J connectivity index is 2.67. The highest BCUT2D eigenvalue weighted by atomic mass is 15.3. The first kappa shape index (κ1) is 10.9. The smallest absolute Gasteiger partial charge is 0.0680 e. The van der Waals surface area contributed by atoms with Gasteiger partial charge in [-0.05, 0) is 57.4 Å². The summed E-state index contributed by atoms with van der Waals surface area (Å²) >= 11 is 0. The number of hydrogen-bond donors (Lipinski definition) is 0. The molecule has 2 rings (SSSR count). The highest BCUT2D eigenvalue weighted by Gasteiger charge is 2.10. The minimum absolute atomic E-state index is 1.11. The lowest BCUT2D eigenvalue weighted by atomic mass is 10.1. The van der Waals surface area contributed by atoms with E-state index in [0.29, 0.717) is 0 Å². The van der Waals surface area contributed by atoms with Gasteiger partial charge in [-0.15, -0.1) is 0 Å². The van der Waals surface area contributed by atoms with Crippen molar-refractivity contribution in [3.05, 3.63) is 46.3 Å². The molecule has 0 spiro atoms. The number of nitrogens with zero attached hydrogens (tertiary/aromatic N) is 2. The van der Waals surface area contributed by atoms with Gasteiger partial charge in [-0.2, -0.15) is 5.10 Å². The molecule has 0 N–H and O–H groups in total. The van der Waals surface area contributed by atoms with E-state index in [2.05, 4.69) is 57.9 Å². The van der Waals surface area contributed by atoms with Gasteiger partial charge in [0.1, 0.15) is 0 Å². The Morgan fingerprint density at radius 2 is 1.69 bits per heavy atom. The summed E-state index contributed by atoms with van der Waals surface area (Å²) in [5.41, 5.74) is 7.33. The van der Waals surface area contributed by atoms with Crippen molar-refractivity contribution in [2.45, 2.75) is 34.6 Å². The van der Waals surface area contributed by atoms with E-state index in [1.807, 2.05) is 4.68 Å². The van der Waals surface area contributed by atoms with Crippen LogP contribution in [-0.2, 0) is 0 Å². The molecule has 16 heavy (non-hydrogen) atoms. The summed E-state index contributed by atoms with van der Waals surface area (Å²) in [7, 11) is 0. The third kappa shape index (κ3) is 1.64.